The Morgan fingerprint density at radius 2 is 1.58 bits per heavy atom. The topological polar surface area (TPSA) is 37.3 Å². The van der Waals surface area contributed by atoms with Crippen molar-refractivity contribution in [1.82, 2.24) is 0 Å². The summed E-state index contributed by atoms with van der Waals surface area (Å²) >= 11 is 0. The van der Waals surface area contributed by atoms with Gasteiger partial charge in [0.25, 0.3) is 0 Å². The Morgan fingerprint density at radius 1 is 1.08 bits per heavy atom. The van der Waals surface area contributed by atoms with Crippen molar-refractivity contribution in [2.24, 2.45) is 0 Å². The predicted molar refractivity (Wildman–Crippen MR) is 48.6 cm³/mol. The van der Waals surface area contributed by atoms with Crippen molar-refractivity contribution in [2.75, 3.05) is 0 Å². The third-order valence-corrected chi connectivity index (χ3v) is 1.84. The molecule has 0 atom stereocenters. The molecule has 64 valence electrons. The summed E-state index contributed by atoms with van der Waals surface area (Å²) in [6, 6.07) is 3.57. The Morgan fingerprint density at radius 3 is 2.17 bits per heavy atom. The van der Waals surface area contributed by atoms with Gasteiger partial charge in [-0.3, -0.25) is 4.79 Å². The molecule has 0 aliphatic rings. The second-order valence-electron chi connectivity index (χ2n) is 3.08. The summed E-state index contributed by atoms with van der Waals surface area (Å²) in [7, 11) is 0. The van der Waals surface area contributed by atoms with E-state index in [0.29, 0.717) is 11.1 Å². The van der Waals surface area contributed by atoms with Gasteiger partial charge in [-0.05, 0) is 26.3 Å². The molecule has 1 N–H and O–H groups in total. The Kier molecular flexibility index (Phi) is 2.18. The molecule has 0 fully saturated rings. The van der Waals surface area contributed by atoms with Gasteiger partial charge >= 0.3 is 0 Å². The van der Waals surface area contributed by atoms with Crippen LogP contribution in [0, 0.1) is 20.8 Å². The first-order valence-corrected chi connectivity index (χ1v) is 3.83. The number of aromatic hydroxyl groups is 1. The minimum Gasteiger partial charge on any atom is -0.504 e. The van der Waals surface area contributed by atoms with E-state index >= 15 is 0 Å². The molecule has 0 unspecified atom stereocenters. The summed E-state index contributed by atoms with van der Waals surface area (Å²) in [5, 5.41) is 9.36. The Hall–Kier alpha value is -1.31. The summed E-state index contributed by atoms with van der Waals surface area (Å²) in [5.41, 5.74) is 1.92. The highest BCUT2D eigenvalue weighted by atomic mass is 16.3. The van der Waals surface area contributed by atoms with Crippen molar-refractivity contribution in [3.8, 4) is 5.75 Å². The van der Waals surface area contributed by atoms with Gasteiger partial charge in [-0.1, -0.05) is 17.7 Å². The average molecular weight is 164 g/mol. The summed E-state index contributed by atoms with van der Waals surface area (Å²) < 4.78 is 0. The van der Waals surface area contributed by atoms with Crippen LogP contribution in [0.4, 0.5) is 0 Å². The minimum atomic E-state index is -0.277. The molecule has 0 aliphatic heterocycles. The fraction of sp³-hybridized carbons (Fsp3) is 0.300. The van der Waals surface area contributed by atoms with Crippen LogP contribution in [0.3, 0.4) is 0 Å². The normalized spacial score (nSPS) is 9.92. The van der Waals surface area contributed by atoms with E-state index in [1.165, 1.54) is 0 Å². The molecule has 1 aromatic carbocycles. The molecular weight excluding hydrogens is 152 g/mol. The highest BCUT2D eigenvalue weighted by Gasteiger charge is 2.01. The fourth-order valence-corrected chi connectivity index (χ4v) is 1.22. The first-order chi connectivity index (χ1) is 5.52. The van der Waals surface area contributed by atoms with Gasteiger partial charge in [0.1, 0.15) is 0 Å². The van der Waals surface area contributed by atoms with Crippen LogP contribution in [0.1, 0.15) is 16.7 Å². The van der Waals surface area contributed by atoms with Crippen LogP contribution >= 0.6 is 0 Å². The quantitative estimate of drug-likeness (QED) is 0.633. The lowest BCUT2D eigenvalue weighted by molar-refractivity contribution is 0.466. The fourth-order valence-electron chi connectivity index (χ4n) is 1.22. The highest BCUT2D eigenvalue weighted by Crippen LogP contribution is 2.11. The molecular formula is C10H12O2. The number of aryl methyl sites for hydroxylation is 3. The van der Waals surface area contributed by atoms with Crippen molar-refractivity contribution in [1.29, 1.82) is 0 Å². The van der Waals surface area contributed by atoms with E-state index < -0.39 is 0 Å². The highest BCUT2D eigenvalue weighted by molar-refractivity contribution is 5.36. The van der Waals surface area contributed by atoms with Crippen molar-refractivity contribution < 1.29 is 5.11 Å². The second-order valence-corrected chi connectivity index (χ2v) is 3.08. The zero-order valence-electron chi connectivity index (χ0n) is 7.51. The van der Waals surface area contributed by atoms with Crippen LogP contribution in [0.5, 0.6) is 5.75 Å². The zero-order chi connectivity index (χ0) is 9.30. The Balaban J connectivity index is 3.69. The van der Waals surface area contributed by atoms with Crippen LogP contribution < -0.4 is 5.43 Å². The van der Waals surface area contributed by atoms with Crippen LogP contribution in [0.15, 0.2) is 16.9 Å². The maximum absolute atomic E-state index is 11.3. The van der Waals surface area contributed by atoms with E-state index in [1.54, 1.807) is 26.0 Å². The van der Waals surface area contributed by atoms with Gasteiger partial charge in [-0.2, -0.15) is 0 Å². The molecule has 2 heteroatoms. The maximum atomic E-state index is 11.3. The summed E-state index contributed by atoms with van der Waals surface area (Å²) in [6.45, 7) is 5.33. The summed E-state index contributed by atoms with van der Waals surface area (Å²) in [6.07, 6.45) is 0. The zero-order valence-corrected chi connectivity index (χ0v) is 7.51. The molecule has 0 spiro atoms. The maximum Gasteiger partial charge on any atom is 0.223 e. The second kappa shape index (κ2) is 2.97. The van der Waals surface area contributed by atoms with E-state index in [0.717, 1.165) is 5.56 Å². The lowest BCUT2D eigenvalue weighted by Gasteiger charge is -1.88. The molecule has 1 rings (SSSR count). The van der Waals surface area contributed by atoms with Gasteiger partial charge in [0, 0.05) is 5.56 Å². The number of rotatable bonds is 0. The van der Waals surface area contributed by atoms with E-state index in [2.05, 4.69) is 0 Å². The molecule has 1 aromatic rings. The summed E-state index contributed by atoms with van der Waals surface area (Å²) in [4.78, 5) is 11.3. The lowest BCUT2D eigenvalue weighted by Crippen LogP contribution is -2.00. The van der Waals surface area contributed by atoms with Gasteiger partial charge in [-0.15, -0.1) is 0 Å². The molecule has 0 saturated heterocycles. The van der Waals surface area contributed by atoms with Gasteiger partial charge in [-0.25, -0.2) is 0 Å². The van der Waals surface area contributed by atoms with Gasteiger partial charge in [0.05, 0.1) is 0 Å². The molecule has 2 nitrogen and oxygen atoms in total. The molecule has 0 amide bonds. The van der Waals surface area contributed by atoms with Crippen molar-refractivity contribution >= 4 is 0 Å². The largest absolute Gasteiger partial charge is 0.504 e. The van der Waals surface area contributed by atoms with Crippen LogP contribution in [-0.4, -0.2) is 5.11 Å². The number of hydrogen-bond donors (Lipinski definition) is 1. The SMILES string of the molecule is Cc1cc(C)c(O)c(=O)c(C)c1. The van der Waals surface area contributed by atoms with Crippen LogP contribution in [-0.2, 0) is 0 Å². The molecule has 0 bridgehead atoms. The first kappa shape index (κ1) is 8.78. The minimum absolute atomic E-state index is 0.138. The third-order valence-electron chi connectivity index (χ3n) is 1.84. The van der Waals surface area contributed by atoms with E-state index in [9.17, 15) is 9.90 Å². The molecule has 0 saturated carbocycles. The molecule has 0 aliphatic carbocycles. The van der Waals surface area contributed by atoms with Gasteiger partial charge in [0.2, 0.25) is 5.43 Å². The van der Waals surface area contributed by atoms with Crippen LogP contribution in [0.2, 0.25) is 0 Å². The molecule has 12 heavy (non-hydrogen) atoms. The molecule has 0 heterocycles. The van der Waals surface area contributed by atoms with Crippen molar-refractivity contribution in [3.05, 3.63) is 39.0 Å². The summed E-state index contributed by atoms with van der Waals surface area (Å²) in [5.74, 6) is -0.138. The third kappa shape index (κ3) is 1.47. The predicted octanol–water partition coefficient (Wildman–Crippen LogP) is 1.68. The van der Waals surface area contributed by atoms with Gasteiger partial charge in [0.15, 0.2) is 5.75 Å². The Bertz CT molecular complexity index is 367. The van der Waals surface area contributed by atoms with Gasteiger partial charge < -0.3 is 5.11 Å². The average Bonchev–Trinajstić information content (AvgIpc) is 2.05. The number of hydrogen-bond acceptors (Lipinski definition) is 2. The van der Waals surface area contributed by atoms with E-state index in [4.69, 9.17) is 0 Å². The standard InChI is InChI=1S/C10H12O2/c1-6-4-7(2)9(11)10(12)8(3)5-6/h4-5H,1-3H3,(H,11,12). The molecule has 0 radical (unpaired) electrons. The van der Waals surface area contributed by atoms with E-state index in [-0.39, 0.29) is 11.2 Å². The first-order valence-electron chi connectivity index (χ1n) is 3.83. The lowest BCUT2D eigenvalue weighted by atomic mass is 10.2. The molecule has 0 aromatic heterocycles. The monoisotopic (exact) mass is 164 g/mol. The smallest absolute Gasteiger partial charge is 0.223 e. The van der Waals surface area contributed by atoms with Crippen molar-refractivity contribution in [3.63, 3.8) is 0 Å². The van der Waals surface area contributed by atoms with Crippen LogP contribution in [0.25, 0.3) is 0 Å². The Labute approximate surface area is 71.5 Å². The van der Waals surface area contributed by atoms with E-state index in [1.807, 2.05) is 6.92 Å². The van der Waals surface area contributed by atoms with Crippen molar-refractivity contribution in [2.45, 2.75) is 20.8 Å².